The lowest BCUT2D eigenvalue weighted by molar-refractivity contribution is -0.192. The molecule has 4 heterocycles. The molecule has 14 heteroatoms. The van der Waals surface area contributed by atoms with Gasteiger partial charge in [-0.1, -0.05) is 41.6 Å². The number of piperidine rings is 1. The minimum atomic E-state index is -5.08. The van der Waals surface area contributed by atoms with E-state index in [0.29, 0.717) is 12.3 Å². The van der Waals surface area contributed by atoms with Crippen LogP contribution in [0.1, 0.15) is 41.3 Å². The fourth-order valence-corrected chi connectivity index (χ4v) is 6.98. The number of amides is 2. The second kappa shape index (κ2) is 14.9. The number of hydrogen-bond donors (Lipinski definition) is 2. The van der Waals surface area contributed by atoms with Gasteiger partial charge >= 0.3 is 12.1 Å². The molecular formula is C34H31F3N4O5S2. The van der Waals surface area contributed by atoms with Crippen LogP contribution in [-0.4, -0.2) is 57.2 Å². The first kappa shape index (κ1) is 34.5. The van der Waals surface area contributed by atoms with Gasteiger partial charge in [0.15, 0.2) is 0 Å². The first-order chi connectivity index (χ1) is 22.9. The highest BCUT2D eigenvalue weighted by molar-refractivity contribution is 7.10. The largest absolute Gasteiger partial charge is 0.490 e. The Balaban J connectivity index is 0.000000582. The zero-order valence-electron chi connectivity index (χ0n) is 25.9. The molecule has 1 saturated heterocycles. The summed E-state index contributed by atoms with van der Waals surface area (Å²) in [5.41, 5.74) is 6.36. The fourth-order valence-electron chi connectivity index (χ4n) is 5.31. The zero-order valence-corrected chi connectivity index (χ0v) is 27.5. The Morgan fingerprint density at radius 3 is 2.31 bits per heavy atom. The zero-order chi connectivity index (χ0) is 34.4. The number of carbonyl (C=O) groups excluding carboxylic acids is 2. The van der Waals surface area contributed by atoms with Crippen LogP contribution in [0.4, 0.5) is 18.9 Å². The number of carbonyl (C=O) groups is 3. The topological polar surface area (TPSA) is 126 Å². The van der Waals surface area contributed by atoms with E-state index in [-0.39, 0.29) is 11.8 Å². The van der Waals surface area contributed by atoms with Gasteiger partial charge in [-0.3, -0.25) is 9.59 Å². The minimum Gasteiger partial charge on any atom is -0.475 e. The second-order valence-corrected chi connectivity index (χ2v) is 13.0. The predicted octanol–water partition coefficient (Wildman–Crippen LogP) is 8.04. The maximum atomic E-state index is 12.7. The number of benzene rings is 2. The average Bonchev–Trinajstić information content (AvgIpc) is 3.83. The van der Waals surface area contributed by atoms with Crippen molar-refractivity contribution in [2.24, 2.45) is 0 Å². The van der Waals surface area contributed by atoms with Gasteiger partial charge in [0.05, 0.1) is 22.7 Å². The van der Waals surface area contributed by atoms with Gasteiger partial charge in [-0.2, -0.15) is 13.2 Å². The van der Waals surface area contributed by atoms with Crippen LogP contribution in [0.3, 0.4) is 0 Å². The van der Waals surface area contributed by atoms with E-state index in [1.165, 1.54) is 6.92 Å². The summed E-state index contributed by atoms with van der Waals surface area (Å²) in [4.78, 5) is 41.1. The molecule has 6 rings (SSSR count). The Bertz CT molecular complexity index is 1880. The summed E-state index contributed by atoms with van der Waals surface area (Å²) in [6.45, 7) is 4.95. The maximum absolute atomic E-state index is 12.7. The summed E-state index contributed by atoms with van der Waals surface area (Å²) >= 11 is 3.31. The number of carboxylic acid groups (broad SMARTS) is 1. The molecule has 2 amide bonds. The number of thiazole rings is 1. The van der Waals surface area contributed by atoms with Crippen LogP contribution < -0.4 is 5.32 Å². The average molecular weight is 697 g/mol. The normalized spacial score (nSPS) is 13.5. The number of aryl methyl sites for hydroxylation is 1. The Hall–Kier alpha value is -4.82. The van der Waals surface area contributed by atoms with Crippen molar-refractivity contribution in [3.8, 4) is 33.6 Å². The van der Waals surface area contributed by atoms with E-state index in [1.54, 1.807) is 22.7 Å². The van der Waals surface area contributed by atoms with Crippen molar-refractivity contribution >= 4 is 46.1 Å². The van der Waals surface area contributed by atoms with E-state index in [2.05, 4.69) is 28.0 Å². The molecule has 0 bridgehead atoms. The lowest BCUT2D eigenvalue weighted by Gasteiger charge is -2.31. The van der Waals surface area contributed by atoms with Crippen molar-refractivity contribution in [1.82, 2.24) is 15.0 Å². The molecule has 0 atom stereocenters. The summed E-state index contributed by atoms with van der Waals surface area (Å²) in [7, 11) is 0. The number of nitrogens with one attached hydrogen (secondary N) is 1. The minimum absolute atomic E-state index is 0.0933. The van der Waals surface area contributed by atoms with Crippen molar-refractivity contribution < 1.29 is 37.2 Å². The van der Waals surface area contributed by atoms with Crippen LogP contribution >= 0.6 is 22.7 Å². The van der Waals surface area contributed by atoms with Gasteiger partial charge in [-0.25, -0.2) is 9.78 Å². The number of halogens is 3. The number of aliphatic carboxylic acids is 1. The van der Waals surface area contributed by atoms with E-state index >= 15 is 0 Å². The molecule has 1 aliphatic rings. The van der Waals surface area contributed by atoms with Crippen molar-refractivity contribution in [3.05, 3.63) is 87.1 Å². The molecule has 48 heavy (non-hydrogen) atoms. The molecule has 5 aromatic rings. The first-order valence-electron chi connectivity index (χ1n) is 14.9. The third-order valence-electron chi connectivity index (χ3n) is 7.66. The molecule has 1 aliphatic heterocycles. The van der Waals surface area contributed by atoms with Gasteiger partial charge < -0.3 is 19.8 Å². The molecule has 0 unspecified atom stereocenters. The molecule has 0 saturated carbocycles. The van der Waals surface area contributed by atoms with Crippen molar-refractivity contribution in [2.45, 2.75) is 45.2 Å². The van der Waals surface area contributed by atoms with Crippen LogP contribution in [0.25, 0.3) is 33.6 Å². The van der Waals surface area contributed by atoms with Crippen molar-refractivity contribution in [2.75, 3.05) is 18.4 Å². The maximum Gasteiger partial charge on any atom is 0.490 e. The van der Waals surface area contributed by atoms with Gasteiger partial charge in [0.1, 0.15) is 11.5 Å². The van der Waals surface area contributed by atoms with Crippen LogP contribution in [0, 0.1) is 6.92 Å². The number of anilines is 1. The molecule has 0 radical (unpaired) electrons. The number of carboxylic acids is 1. The summed E-state index contributed by atoms with van der Waals surface area (Å²) in [5.74, 6) is -1.57. The van der Waals surface area contributed by atoms with E-state index in [1.807, 2.05) is 65.7 Å². The SMILES string of the molecule is CC(=O)Nc1ccc(-c2cccc(-c3noc(C)c3-c3csc(C4CCN(C(=O)Cc5cccs5)CC4)n3)c2)cc1.O=C(O)C(F)(F)F. The summed E-state index contributed by atoms with van der Waals surface area (Å²) in [6, 6.07) is 20.0. The fraction of sp³-hybridized carbons (Fsp3) is 0.265. The van der Waals surface area contributed by atoms with Crippen LogP contribution in [0.5, 0.6) is 0 Å². The summed E-state index contributed by atoms with van der Waals surface area (Å²) in [6.07, 6.45) is -2.76. The number of thiophene rings is 1. The number of nitrogens with zero attached hydrogens (tertiary/aromatic N) is 3. The number of aromatic nitrogens is 2. The molecular weight excluding hydrogens is 666 g/mol. The van der Waals surface area contributed by atoms with Crippen LogP contribution in [-0.2, 0) is 20.8 Å². The molecule has 250 valence electrons. The van der Waals surface area contributed by atoms with Crippen LogP contribution in [0.2, 0.25) is 0 Å². The summed E-state index contributed by atoms with van der Waals surface area (Å²) in [5, 5.41) is 19.6. The molecule has 0 aliphatic carbocycles. The second-order valence-electron chi connectivity index (χ2n) is 11.1. The van der Waals surface area contributed by atoms with Gasteiger partial charge in [-0.15, -0.1) is 22.7 Å². The molecule has 3 aromatic heterocycles. The van der Waals surface area contributed by atoms with E-state index in [9.17, 15) is 22.8 Å². The number of hydrogen-bond acceptors (Lipinski definition) is 8. The molecule has 1 fully saturated rings. The monoisotopic (exact) mass is 696 g/mol. The molecule has 2 aromatic carbocycles. The lowest BCUT2D eigenvalue weighted by Crippen LogP contribution is -2.38. The van der Waals surface area contributed by atoms with Crippen LogP contribution in [0.15, 0.2) is 75.9 Å². The Kier molecular flexibility index (Phi) is 10.7. The van der Waals surface area contributed by atoms with Gasteiger partial charge in [0, 0.05) is 47.4 Å². The smallest absolute Gasteiger partial charge is 0.475 e. The van der Waals surface area contributed by atoms with Gasteiger partial charge in [0.25, 0.3) is 0 Å². The molecule has 9 nitrogen and oxygen atoms in total. The highest BCUT2D eigenvalue weighted by Gasteiger charge is 2.38. The third-order valence-corrected chi connectivity index (χ3v) is 9.54. The standard InChI is InChI=1S/C32H30N4O3S2.C2HF3O2/c1-20-30(28-19-41-32(34-28)23-12-14-36(15-13-23)29(38)18-27-7-4-16-40-27)31(35-39-20)25-6-3-5-24(17-25)22-8-10-26(11-9-22)33-21(2)37;3-2(4,5)1(6)7/h3-11,16-17,19,23H,12-15,18H2,1-2H3,(H,33,37);(H,6,7). The highest BCUT2D eigenvalue weighted by Crippen LogP contribution is 2.39. The van der Waals surface area contributed by atoms with E-state index in [4.69, 9.17) is 19.4 Å². The van der Waals surface area contributed by atoms with Crippen molar-refractivity contribution in [1.29, 1.82) is 0 Å². The molecule has 0 spiro atoms. The number of rotatable bonds is 7. The number of alkyl halides is 3. The predicted molar refractivity (Wildman–Crippen MR) is 178 cm³/mol. The highest BCUT2D eigenvalue weighted by atomic mass is 32.1. The Morgan fingerprint density at radius 2 is 1.69 bits per heavy atom. The third kappa shape index (κ3) is 8.55. The quantitative estimate of drug-likeness (QED) is 0.176. The van der Waals surface area contributed by atoms with E-state index in [0.717, 1.165) is 80.9 Å². The Labute approximate surface area is 282 Å². The molecule has 2 N–H and O–H groups in total. The summed E-state index contributed by atoms with van der Waals surface area (Å²) < 4.78 is 37.4. The lowest BCUT2D eigenvalue weighted by atomic mass is 9.97. The van der Waals surface area contributed by atoms with Gasteiger partial charge in [-0.05, 0) is 60.5 Å². The first-order valence-corrected chi connectivity index (χ1v) is 16.7. The number of likely N-dealkylation sites (tertiary alicyclic amines) is 1. The van der Waals surface area contributed by atoms with Crippen molar-refractivity contribution in [3.63, 3.8) is 0 Å². The Morgan fingerprint density at radius 1 is 1.00 bits per heavy atom. The van der Waals surface area contributed by atoms with Gasteiger partial charge in [0.2, 0.25) is 11.8 Å². The van der Waals surface area contributed by atoms with E-state index < -0.39 is 12.1 Å².